The van der Waals surface area contributed by atoms with E-state index in [0.29, 0.717) is 11.5 Å². The molecule has 0 aromatic heterocycles. The third-order valence-corrected chi connectivity index (χ3v) is 6.08. The Kier molecular flexibility index (Phi) is 7.95. The molecule has 2 aromatic rings. The largest absolute Gasteiger partial charge is 0.497 e. The second-order valence-corrected chi connectivity index (χ2v) is 7.39. The number of rotatable bonds is 8. The van der Waals surface area contributed by atoms with E-state index in [9.17, 15) is 10.5 Å². The summed E-state index contributed by atoms with van der Waals surface area (Å²) in [5.74, 6) is 2.97. The first-order valence-corrected chi connectivity index (χ1v) is 9.73. The van der Waals surface area contributed by atoms with Crippen LogP contribution in [0.3, 0.4) is 0 Å². The van der Waals surface area contributed by atoms with Crippen LogP contribution in [-0.2, 0) is 11.5 Å². The Balaban J connectivity index is 2.05. The van der Waals surface area contributed by atoms with Gasteiger partial charge in [0.05, 0.1) is 18.5 Å². The summed E-state index contributed by atoms with van der Waals surface area (Å²) >= 11 is 3.01. The quantitative estimate of drug-likeness (QED) is 0.590. The number of methoxy groups -OCH3 is 2. The first-order chi connectivity index (χ1) is 12.7. The molecule has 6 heteroatoms. The maximum atomic E-state index is 9.24. The summed E-state index contributed by atoms with van der Waals surface area (Å²) in [4.78, 5) is 0. The zero-order valence-electron chi connectivity index (χ0n) is 14.6. The Morgan fingerprint density at radius 2 is 1.15 bits per heavy atom. The molecule has 0 unspecified atom stereocenters. The van der Waals surface area contributed by atoms with E-state index in [-0.39, 0.29) is 5.57 Å². The summed E-state index contributed by atoms with van der Waals surface area (Å²) in [7, 11) is 3.26. The van der Waals surface area contributed by atoms with Crippen molar-refractivity contribution in [2.24, 2.45) is 0 Å². The lowest BCUT2D eigenvalue weighted by molar-refractivity contribution is 0.414. The molecule has 2 rings (SSSR count). The predicted octanol–water partition coefficient (Wildman–Crippen LogP) is 5.13. The van der Waals surface area contributed by atoms with E-state index >= 15 is 0 Å². The molecule has 0 aliphatic heterocycles. The van der Waals surface area contributed by atoms with Crippen molar-refractivity contribution >= 4 is 23.5 Å². The molecule has 0 amide bonds. The van der Waals surface area contributed by atoms with Crippen molar-refractivity contribution in [2.45, 2.75) is 11.5 Å². The molecular weight excluding hydrogens is 364 g/mol. The number of benzene rings is 2. The minimum Gasteiger partial charge on any atom is -0.497 e. The van der Waals surface area contributed by atoms with Crippen LogP contribution in [0.25, 0.3) is 0 Å². The summed E-state index contributed by atoms with van der Waals surface area (Å²) in [5.41, 5.74) is 2.36. The molecule has 0 heterocycles. The number of allylic oxidation sites excluding steroid dienone is 1. The van der Waals surface area contributed by atoms with Gasteiger partial charge in [-0.05, 0) is 35.4 Å². The molecule has 0 saturated carbocycles. The van der Waals surface area contributed by atoms with Crippen molar-refractivity contribution in [3.63, 3.8) is 0 Å². The number of nitrogens with zero attached hydrogens (tertiary/aromatic N) is 2. The molecule has 0 saturated heterocycles. The van der Waals surface area contributed by atoms with Crippen LogP contribution in [0.5, 0.6) is 11.5 Å². The lowest BCUT2D eigenvalue weighted by Crippen LogP contribution is -1.88. The molecule has 0 atom stereocenters. The molecule has 132 valence electrons. The SMILES string of the molecule is COc1ccc(CSC(SCc2ccc(OC)cc2)=C(C#N)C#N)cc1. The monoisotopic (exact) mass is 382 g/mol. The van der Waals surface area contributed by atoms with Gasteiger partial charge in [-0.3, -0.25) is 0 Å². The highest BCUT2D eigenvalue weighted by molar-refractivity contribution is 8.21. The third-order valence-electron chi connectivity index (χ3n) is 3.49. The van der Waals surface area contributed by atoms with Gasteiger partial charge in [0, 0.05) is 11.5 Å². The average Bonchev–Trinajstić information content (AvgIpc) is 2.71. The van der Waals surface area contributed by atoms with Gasteiger partial charge in [-0.15, -0.1) is 23.5 Å². The molecule has 0 bridgehead atoms. The fourth-order valence-corrected chi connectivity index (χ4v) is 4.18. The molecule has 0 N–H and O–H groups in total. The van der Waals surface area contributed by atoms with Crippen LogP contribution in [0.15, 0.2) is 58.3 Å². The minimum atomic E-state index is 0.155. The van der Waals surface area contributed by atoms with E-state index in [1.165, 1.54) is 23.5 Å². The van der Waals surface area contributed by atoms with Crippen molar-refractivity contribution in [3.05, 3.63) is 69.5 Å². The fraction of sp³-hybridized carbons (Fsp3) is 0.200. The van der Waals surface area contributed by atoms with Gasteiger partial charge in [0.1, 0.15) is 29.2 Å². The normalized spacial score (nSPS) is 9.69. The first kappa shape index (κ1) is 19.8. The van der Waals surface area contributed by atoms with Crippen LogP contribution in [0, 0.1) is 22.7 Å². The van der Waals surface area contributed by atoms with Gasteiger partial charge in [-0.25, -0.2) is 0 Å². The number of hydrogen-bond acceptors (Lipinski definition) is 6. The van der Waals surface area contributed by atoms with Gasteiger partial charge in [0.2, 0.25) is 0 Å². The van der Waals surface area contributed by atoms with Crippen LogP contribution in [-0.4, -0.2) is 14.2 Å². The van der Waals surface area contributed by atoms with Crippen molar-refractivity contribution in [1.82, 2.24) is 0 Å². The Morgan fingerprint density at radius 3 is 1.46 bits per heavy atom. The highest BCUT2D eigenvalue weighted by Gasteiger charge is 2.10. The molecule has 2 aromatic carbocycles. The van der Waals surface area contributed by atoms with Crippen LogP contribution in [0.2, 0.25) is 0 Å². The van der Waals surface area contributed by atoms with Gasteiger partial charge >= 0.3 is 0 Å². The average molecular weight is 383 g/mol. The zero-order valence-corrected chi connectivity index (χ0v) is 16.2. The van der Waals surface area contributed by atoms with Crippen molar-refractivity contribution < 1.29 is 9.47 Å². The standard InChI is InChI=1S/C20H18N2O2S2/c1-23-18-7-3-15(4-8-18)13-25-20(17(11-21)12-22)26-14-16-5-9-19(24-2)10-6-16/h3-10H,13-14H2,1-2H3. The predicted molar refractivity (Wildman–Crippen MR) is 107 cm³/mol. The first-order valence-electron chi connectivity index (χ1n) is 7.76. The second kappa shape index (κ2) is 10.5. The van der Waals surface area contributed by atoms with Gasteiger partial charge in [0.15, 0.2) is 0 Å². The summed E-state index contributed by atoms with van der Waals surface area (Å²) in [6, 6.07) is 19.5. The number of nitriles is 2. The smallest absolute Gasteiger partial charge is 0.149 e. The van der Waals surface area contributed by atoms with E-state index in [1.807, 2.05) is 60.7 Å². The highest BCUT2D eigenvalue weighted by Crippen LogP contribution is 2.36. The van der Waals surface area contributed by atoms with E-state index in [0.717, 1.165) is 26.9 Å². The number of thioether (sulfide) groups is 2. The third kappa shape index (κ3) is 5.77. The minimum absolute atomic E-state index is 0.155. The van der Waals surface area contributed by atoms with Gasteiger partial charge < -0.3 is 9.47 Å². The Morgan fingerprint density at radius 1 is 0.769 bits per heavy atom. The summed E-state index contributed by atoms with van der Waals surface area (Å²) in [5, 5.41) is 18.5. The topological polar surface area (TPSA) is 66.0 Å². The summed E-state index contributed by atoms with van der Waals surface area (Å²) < 4.78 is 11.1. The molecule has 0 fully saturated rings. The van der Waals surface area contributed by atoms with E-state index in [2.05, 4.69) is 0 Å². The molecule has 0 aliphatic rings. The molecule has 0 radical (unpaired) electrons. The Hall–Kier alpha value is -2.54. The second-order valence-electron chi connectivity index (χ2n) is 5.16. The van der Waals surface area contributed by atoms with E-state index in [1.54, 1.807) is 14.2 Å². The molecule has 4 nitrogen and oxygen atoms in total. The maximum absolute atomic E-state index is 9.24. The zero-order chi connectivity index (χ0) is 18.8. The lowest BCUT2D eigenvalue weighted by Gasteiger charge is -2.09. The van der Waals surface area contributed by atoms with Gasteiger partial charge in [0.25, 0.3) is 0 Å². The maximum Gasteiger partial charge on any atom is 0.149 e. The fourth-order valence-electron chi connectivity index (χ4n) is 2.04. The Bertz CT molecular complexity index is 763. The van der Waals surface area contributed by atoms with Crippen molar-refractivity contribution in [3.8, 4) is 23.6 Å². The van der Waals surface area contributed by atoms with Crippen molar-refractivity contribution in [1.29, 1.82) is 10.5 Å². The van der Waals surface area contributed by atoms with E-state index < -0.39 is 0 Å². The highest BCUT2D eigenvalue weighted by atomic mass is 32.2. The van der Waals surface area contributed by atoms with Gasteiger partial charge in [-0.2, -0.15) is 10.5 Å². The summed E-state index contributed by atoms with van der Waals surface area (Å²) in [6.07, 6.45) is 0. The summed E-state index contributed by atoms with van der Waals surface area (Å²) in [6.45, 7) is 0. The van der Waals surface area contributed by atoms with Gasteiger partial charge in [-0.1, -0.05) is 24.3 Å². The van der Waals surface area contributed by atoms with E-state index in [4.69, 9.17) is 9.47 Å². The van der Waals surface area contributed by atoms with Crippen molar-refractivity contribution in [2.75, 3.05) is 14.2 Å². The Labute approximate surface area is 162 Å². The lowest BCUT2D eigenvalue weighted by atomic mass is 10.2. The van der Waals surface area contributed by atoms with Crippen LogP contribution in [0.4, 0.5) is 0 Å². The van der Waals surface area contributed by atoms with Crippen LogP contribution >= 0.6 is 23.5 Å². The molecule has 0 aliphatic carbocycles. The number of hydrogen-bond donors (Lipinski definition) is 0. The van der Waals surface area contributed by atoms with Crippen LogP contribution in [0.1, 0.15) is 11.1 Å². The molecular formula is C20H18N2O2S2. The molecule has 26 heavy (non-hydrogen) atoms. The number of ether oxygens (including phenoxy) is 2. The van der Waals surface area contributed by atoms with Crippen LogP contribution < -0.4 is 9.47 Å². The molecule has 0 spiro atoms.